The molecular formula is C18H30N2O. The van der Waals surface area contributed by atoms with Crippen molar-refractivity contribution in [2.24, 2.45) is 5.92 Å². The van der Waals surface area contributed by atoms with Gasteiger partial charge < -0.3 is 10.1 Å². The van der Waals surface area contributed by atoms with Crippen molar-refractivity contribution < 1.29 is 4.74 Å². The number of hydrogen-bond acceptors (Lipinski definition) is 3. The van der Waals surface area contributed by atoms with Crippen LogP contribution in [-0.4, -0.2) is 37.7 Å². The topological polar surface area (TPSA) is 24.5 Å². The maximum Gasteiger partial charge on any atom is 0.119 e. The molecule has 3 heteroatoms. The normalized spacial score (nSPS) is 14.6. The average Bonchev–Trinajstić information content (AvgIpc) is 3.30. The third-order valence-corrected chi connectivity index (χ3v) is 3.91. The van der Waals surface area contributed by atoms with Gasteiger partial charge in [0.2, 0.25) is 0 Å². The zero-order valence-electron chi connectivity index (χ0n) is 13.6. The van der Waals surface area contributed by atoms with E-state index in [0.29, 0.717) is 0 Å². The summed E-state index contributed by atoms with van der Waals surface area (Å²) in [6.45, 7) is 10.6. The van der Waals surface area contributed by atoms with Crippen molar-refractivity contribution in [2.45, 2.75) is 39.7 Å². The summed E-state index contributed by atoms with van der Waals surface area (Å²) in [5.74, 6) is 1.95. The molecule has 0 atom stereocenters. The van der Waals surface area contributed by atoms with E-state index < -0.39 is 0 Å². The molecule has 2 rings (SSSR count). The van der Waals surface area contributed by atoms with Crippen molar-refractivity contribution in [2.75, 3.05) is 32.8 Å². The summed E-state index contributed by atoms with van der Waals surface area (Å²) in [6.07, 6.45) is 4.08. The monoisotopic (exact) mass is 290 g/mol. The van der Waals surface area contributed by atoms with Crippen molar-refractivity contribution >= 4 is 0 Å². The molecule has 1 saturated carbocycles. The first-order valence-corrected chi connectivity index (χ1v) is 8.46. The van der Waals surface area contributed by atoms with Gasteiger partial charge in [-0.3, -0.25) is 4.90 Å². The Kier molecular flexibility index (Phi) is 7.04. The molecule has 118 valence electrons. The zero-order valence-corrected chi connectivity index (χ0v) is 13.6. The summed E-state index contributed by atoms with van der Waals surface area (Å²) in [5, 5.41) is 3.35. The highest BCUT2D eigenvalue weighted by Crippen LogP contribution is 2.29. The molecule has 0 amide bonds. The number of nitrogens with zero attached hydrogens (tertiary/aromatic N) is 1. The first-order valence-electron chi connectivity index (χ1n) is 8.46. The van der Waals surface area contributed by atoms with Crippen LogP contribution in [0.15, 0.2) is 24.3 Å². The van der Waals surface area contributed by atoms with Crippen molar-refractivity contribution in [1.82, 2.24) is 10.2 Å². The maximum atomic E-state index is 5.94. The molecule has 1 N–H and O–H groups in total. The van der Waals surface area contributed by atoms with Gasteiger partial charge in [0, 0.05) is 19.6 Å². The lowest BCUT2D eigenvalue weighted by Gasteiger charge is -2.21. The van der Waals surface area contributed by atoms with Crippen LogP contribution in [0.25, 0.3) is 0 Å². The molecule has 0 radical (unpaired) electrons. The Morgan fingerprint density at radius 3 is 2.81 bits per heavy atom. The number of benzene rings is 1. The zero-order chi connectivity index (χ0) is 14.9. The van der Waals surface area contributed by atoms with Gasteiger partial charge in [-0.05, 0) is 56.0 Å². The SMILES string of the molecule is CCCN(CCOc1cccc(CNCC)c1)CC1CC1. The van der Waals surface area contributed by atoms with E-state index in [2.05, 4.69) is 48.3 Å². The minimum atomic E-state index is 0.789. The van der Waals surface area contributed by atoms with E-state index in [1.165, 1.54) is 37.9 Å². The number of nitrogens with one attached hydrogen (secondary N) is 1. The van der Waals surface area contributed by atoms with Crippen LogP contribution >= 0.6 is 0 Å². The lowest BCUT2D eigenvalue weighted by molar-refractivity contribution is 0.203. The lowest BCUT2D eigenvalue weighted by Crippen LogP contribution is -2.31. The summed E-state index contributed by atoms with van der Waals surface area (Å²) >= 11 is 0. The Hall–Kier alpha value is -1.06. The number of ether oxygens (including phenoxy) is 1. The second kappa shape index (κ2) is 9.06. The van der Waals surface area contributed by atoms with Crippen LogP contribution in [-0.2, 0) is 6.54 Å². The predicted octanol–water partition coefficient (Wildman–Crippen LogP) is 3.30. The van der Waals surface area contributed by atoms with E-state index in [1.807, 2.05) is 0 Å². The van der Waals surface area contributed by atoms with Gasteiger partial charge in [0.05, 0.1) is 0 Å². The molecule has 0 spiro atoms. The minimum absolute atomic E-state index is 0.789. The van der Waals surface area contributed by atoms with Crippen LogP contribution < -0.4 is 10.1 Å². The molecule has 0 heterocycles. The Balaban J connectivity index is 1.73. The van der Waals surface area contributed by atoms with Gasteiger partial charge in [-0.1, -0.05) is 26.0 Å². The quantitative estimate of drug-likeness (QED) is 0.677. The van der Waals surface area contributed by atoms with Gasteiger partial charge in [0.15, 0.2) is 0 Å². The average molecular weight is 290 g/mol. The van der Waals surface area contributed by atoms with E-state index in [1.54, 1.807) is 0 Å². The van der Waals surface area contributed by atoms with Crippen LogP contribution in [0.5, 0.6) is 5.75 Å². The molecule has 1 aromatic carbocycles. The van der Waals surface area contributed by atoms with Gasteiger partial charge in [-0.2, -0.15) is 0 Å². The van der Waals surface area contributed by atoms with E-state index in [4.69, 9.17) is 4.74 Å². The molecule has 0 saturated heterocycles. The lowest BCUT2D eigenvalue weighted by atomic mass is 10.2. The molecule has 3 nitrogen and oxygen atoms in total. The summed E-state index contributed by atoms with van der Waals surface area (Å²) in [6, 6.07) is 8.43. The number of hydrogen-bond donors (Lipinski definition) is 1. The minimum Gasteiger partial charge on any atom is -0.492 e. The first-order chi connectivity index (χ1) is 10.3. The molecular weight excluding hydrogens is 260 g/mol. The second-order valence-corrected chi connectivity index (χ2v) is 6.02. The molecule has 0 aromatic heterocycles. The molecule has 0 bridgehead atoms. The fourth-order valence-electron chi connectivity index (χ4n) is 2.58. The van der Waals surface area contributed by atoms with Crippen molar-refractivity contribution in [3.05, 3.63) is 29.8 Å². The van der Waals surface area contributed by atoms with Crippen LogP contribution in [0.1, 0.15) is 38.7 Å². The summed E-state index contributed by atoms with van der Waals surface area (Å²) in [5.41, 5.74) is 1.29. The second-order valence-electron chi connectivity index (χ2n) is 6.02. The van der Waals surface area contributed by atoms with Gasteiger partial charge in [-0.15, -0.1) is 0 Å². The van der Waals surface area contributed by atoms with Crippen LogP contribution in [0.3, 0.4) is 0 Å². The molecule has 1 fully saturated rings. The standard InChI is InChI=1S/C18H30N2O/c1-3-10-20(15-16-8-9-16)11-12-21-18-7-5-6-17(13-18)14-19-4-2/h5-7,13,16,19H,3-4,8-12,14-15H2,1-2H3. The molecule has 1 aliphatic rings. The largest absolute Gasteiger partial charge is 0.492 e. The van der Waals surface area contributed by atoms with Crippen molar-refractivity contribution in [3.8, 4) is 5.75 Å². The molecule has 1 aliphatic carbocycles. The maximum absolute atomic E-state index is 5.94. The summed E-state index contributed by atoms with van der Waals surface area (Å²) in [4.78, 5) is 2.56. The van der Waals surface area contributed by atoms with Gasteiger partial charge >= 0.3 is 0 Å². The Morgan fingerprint density at radius 2 is 2.10 bits per heavy atom. The molecule has 1 aromatic rings. The highest BCUT2D eigenvalue weighted by atomic mass is 16.5. The van der Waals surface area contributed by atoms with Gasteiger partial charge in [0.1, 0.15) is 12.4 Å². The van der Waals surface area contributed by atoms with Gasteiger partial charge in [0.25, 0.3) is 0 Å². The molecule has 0 aliphatic heterocycles. The molecule has 0 unspecified atom stereocenters. The van der Waals surface area contributed by atoms with E-state index in [9.17, 15) is 0 Å². The van der Waals surface area contributed by atoms with Crippen LogP contribution in [0.2, 0.25) is 0 Å². The Morgan fingerprint density at radius 1 is 1.24 bits per heavy atom. The van der Waals surface area contributed by atoms with Crippen molar-refractivity contribution in [3.63, 3.8) is 0 Å². The van der Waals surface area contributed by atoms with Gasteiger partial charge in [-0.25, -0.2) is 0 Å². The van der Waals surface area contributed by atoms with E-state index in [-0.39, 0.29) is 0 Å². The number of rotatable bonds is 11. The summed E-state index contributed by atoms with van der Waals surface area (Å²) < 4.78 is 5.94. The summed E-state index contributed by atoms with van der Waals surface area (Å²) in [7, 11) is 0. The Labute approximate surface area is 129 Å². The Bertz CT molecular complexity index is 404. The fourth-order valence-corrected chi connectivity index (χ4v) is 2.58. The van der Waals surface area contributed by atoms with E-state index in [0.717, 1.165) is 37.9 Å². The van der Waals surface area contributed by atoms with Crippen LogP contribution in [0.4, 0.5) is 0 Å². The third kappa shape index (κ3) is 6.49. The fraction of sp³-hybridized carbons (Fsp3) is 0.667. The highest BCUT2D eigenvalue weighted by Gasteiger charge is 2.23. The molecule has 21 heavy (non-hydrogen) atoms. The highest BCUT2D eigenvalue weighted by molar-refractivity contribution is 5.28. The smallest absolute Gasteiger partial charge is 0.119 e. The van der Waals surface area contributed by atoms with Crippen molar-refractivity contribution in [1.29, 1.82) is 0 Å². The van der Waals surface area contributed by atoms with E-state index >= 15 is 0 Å². The van der Waals surface area contributed by atoms with Crippen LogP contribution in [0, 0.1) is 5.92 Å². The third-order valence-electron chi connectivity index (χ3n) is 3.91. The first kappa shape index (κ1) is 16.3. The predicted molar refractivity (Wildman–Crippen MR) is 88.8 cm³/mol.